The van der Waals surface area contributed by atoms with E-state index in [1.807, 2.05) is 12.1 Å². The number of benzene rings is 1. The zero-order valence-corrected chi connectivity index (χ0v) is 10.3. The van der Waals surface area contributed by atoms with Crippen LogP contribution in [0.4, 0.5) is 5.82 Å². The number of fused-ring (bicyclic) bond motifs is 1. The van der Waals surface area contributed by atoms with Gasteiger partial charge in [0.15, 0.2) is 0 Å². The summed E-state index contributed by atoms with van der Waals surface area (Å²) in [6.45, 7) is 0.537. The molecule has 5 heteroatoms. The molecule has 1 aromatic carbocycles. The molecule has 1 heterocycles. The molecular formula is C14H13N3O2. The van der Waals surface area contributed by atoms with Gasteiger partial charge in [-0.15, -0.1) is 0 Å². The lowest BCUT2D eigenvalue weighted by molar-refractivity contribution is -0.137. The summed E-state index contributed by atoms with van der Waals surface area (Å²) in [6.07, 6.45) is 2.30. The van der Waals surface area contributed by atoms with Crippen LogP contribution in [0.2, 0.25) is 0 Å². The van der Waals surface area contributed by atoms with Crippen molar-refractivity contribution in [2.75, 3.05) is 11.9 Å². The summed E-state index contributed by atoms with van der Waals surface area (Å²) in [4.78, 5) is 14.7. The molecule has 1 aromatic heterocycles. The van der Waals surface area contributed by atoms with Crippen LogP contribution in [0.15, 0.2) is 30.5 Å². The lowest BCUT2D eigenvalue weighted by Gasteiger charge is -2.08. The van der Waals surface area contributed by atoms with Gasteiger partial charge in [-0.05, 0) is 18.6 Å². The molecule has 0 aliphatic rings. The first-order valence-electron chi connectivity index (χ1n) is 5.96. The number of aromatic nitrogens is 1. The summed E-state index contributed by atoms with van der Waals surface area (Å²) in [5, 5.41) is 22.4. The van der Waals surface area contributed by atoms with E-state index in [4.69, 9.17) is 10.4 Å². The maximum Gasteiger partial charge on any atom is 0.303 e. The molecule has 0 aliphatic heterocycles. The number of carboxylic acid groups (broad SMARTS) is 1. The van der Waals surface area contributed by atoms with Gasteiger partial charge in [0.1, 0.15) is 5.82 Å². The first-order chi connectivity index (χ1) is 9.22. The van der Waals surface area contributed by atoms with Gasteiger partial charge in [0.05, 0.1) is 11.6 Å². The fourth-order valence-corrected chi connectivity index (χ4v) is 1.89. The van der Waals surface area contributed by atoms with Crippen molar-refractivity contribution in [1.82, 2.24) is 4.98 Å². The number of carbonyl (C=O) groups is 1. The van der Waals surface area contributed by atoms with Crippen LogP contribution in [0.25, 0.3) is 10.8 Å². The van der Waals surface area contributed by atoms with Crippen LogP contribution in [0, 0.1) is 11.3 Å². The second kappa shape index (κ2) is 5.83. The van der Waals surface area contributed by atoms with Crippen molar-refractivity contribution >= 4 is 22.6 Å². The number of nitrogens with zero attached hydrogens (tertiary/aromatic N) is 2. The van der Waals surface area contributed by atoms with E-state index in [0.29, 0.717) is 24.3 Å². The van der Waals surface area contributed by atoms with Crippen molar-refractivity contribution < 1.29 is 9.90 Å². The number of hydrogen-bond donors (Lipinski definition) is 2. The largest absolute Gasteiger partial charge is 0.481 e. The average Bonchev–Trinajstić information content (AvgIpc) is 2.42. The lowest BCUT2D eigenvalue weighted by Crippen LogP contribution is -2.06. The number of pyridine rings is 1. The standard InChI is InChI=1S/C14H13N3O2/c15-9-10-3-1-4-12-11(10)6-8-17-14(12)16-7-2-5-13(18)19/h1,3-4,6,8H,2,5,7H2,(H,16,17)(H,18,19). The minimum absolute atomic E-state index is 0.126. The van der Waals surface area contributed by atoms with Crippen LogP contribution in [0.3, 0.4) is 0 Å². The predicted octanol–water partition coefficient (Wildman–Crippen LogP) is 2.38. The quantitative estimate of drug-likeness (QED) is 0.801. The van der Waals surface area contributed by atoms with E-state index in [1.165, 1.54) is 0 Å². The molecule has 0 saturated carbocycles. The van der Waals surface area contributed by atoms with Crippen molar-refractivity contribution in [3.8, 4) is 6.07 Å². The maximum atomic E-state index is 10.4. The van der Waals surface area contributed by atoms with Gasteiger partial charge in [-0.2, -0.15) is 5.26 Å². The third-order valence-electron chi connectivity index (χ3n) is 2.79. The molecule has 0 radical (unpaired) electrons. The third-order valence-corrected chi connectivity index (χ3v) is 2.79. The molecule has 19 heavy (non-hydrogen) atoms. The average molecular weight is 255 g/mol. The van der Waals surface area contributed by atoms with Gasteiger partial charge < -0.3 is 10.4 Å². The van der Waals surface area contributed by atoms with Gasteiger partial charge in [-0.25, -0.2) is 4.98 Å². The highest BCUT2D eigenvalue weighted by Crippen LogP contribution is 2.23. The van der Waals surface area contributed by atoms with E-state index in [9.17, 15) is 4.79 Å². The summed E-state index contributed by atoms with van der Waals surface area (Å²) in [5.74, 6) is -0.126. The Hall–Kier alpha value is -2.61. The van der Waals surface area contributed by atoms with Crippen molar-refractivity contribution in [2.24, 2.45) is 0 Å². The van der Waals surface area contributed by atoms with Gasteiger partial charge in [0.2, 0.25) is 0 Å². The summed E-state index contributed by atoms with van der Waals surface area (Å²) >= 11 is 0. The number of aliphatic carboxylic acids is 1. The van der Waals surface area contributed by atoms with Gasteiger partial charge in [-0.3, -0.25) is 4.79 Å². The Morgan fingerprint density at radius 3 is 2.95 bits per heavy atom. The number of nitriles is 1. The van der Waals surface area contributed by atoms with Crippen LogP contribution in [0.1, 0.15) is 18.4 Å². The third kappa shape index (κ3) is 2.99. The van der Waals surface area contributed by atoms with Crippen molar-refractivity contribution in [3.05, 3.63) is 36.0 Å². The Morgan fingerprint density at radius 1 is 1.37 bits per heavy atom. The van der Waals surface area contributed by atoms with E-state index < -0.39 is 5.97 Å². The molecular weight excluding hydrogens is 242 g/mol. The minimum Gasteiger partial charge on any atom is -0.481 e. The second-order valence-electron chi connectivity index (χ2n) is 4.10. The SMILES string of the molecule is N#Cc1cccc2c(NCCCC(=O)O)nccc12. The number of carboxylic acids is 1. The molecule has 0 amide bonds. The first kappa shape index (κ1) is 12.8. The van der Waals surface area contributed by atoms with Gasteiger partial charge in [-0.1, -0.05) is 12.1 Å². The Kier molecular flexibility index (Phi) is 3.94. The summed E-state index contributed by atoms with van der Waals surface area (Å²) in [6, 6.07) is 9.41. The van der Waals surface area contributed by atoms with Gasteiger partial charge in [0, 0.05) is 29.9 Å². The zero-order chi connectivity index (χ0) is 13.7. The summed E-state index contributed by atoms with van der Waals surface area (Å²) < 4.78 is 0. The van der Waals surface area contributed by atoms with Crippen LogP contribution in [-0.2, 0) is 4.79 Å². The number of anilines is 1. The van der Waals surface area contributed by atoms with E-state index in [-0.39, 0.29) is 6.42 Å². The molecule has 0 spiro atoms. The van der Waals surface area contributed by atoms with Crippen LogP contribution in [0.5, 0.6) is 0 Å². The molecule has 2 rings (SSSR count). The molecule has 0 bridgehead atoms. The number of nitrogens with one attached hydrogen (secondary N) is 1. The Balaban J connectivity index is 2.20. The van der Waals surface area contributed by atoms with E-state index in [1.54, 1.807) is 18.3 Å². The van der Waals surface area contributed by atoms with Crippen LogP contribution < -0.4 is 5.32 Å². The Labute approximate surface area is 110 Å². The molecule has 0 aliphatic carbocycles. The maximum absolute atomic E-state index is 10.4. The summed E-state index contributed by atoms with van der Waals surface area (Å²) in [5.41, 5.74) is 0.605. The molecule has 5 nitrogen and oxygen atoms in total. The predicted molar refractivity (Wildman–Crippen MR) is 71.8 cm³/mol. The smallest absolute Gasteiger partial charge is 0.303 e. The zero-order valence-electron chi connectivity index (χ0n) is 10.3. The van der Waals surface area contributed by atoms with Crippen LogP contribution >= 0.6 is 0 Å². The molecule has 2 aromatic rings. The fraction of sp³-hybridized carbons (Fsp3) is 0.214. The van der Waals surface area contributed by atoms with Gasteiger partial charge in [0.25, 0.3) is 0 Å². The van der Waals surface area contributed by atoms with E-state index in [0.717, 1.165) is 10.8 Å². The molecule has 0 unspecified atom stereocenters. The second-order valence-corrected chi connectivity index (χ2v) is 4.10. The Bertz CT molecular complexity index is 647. The number of rotatable bonds is 5. The number of hydrogen-bond acceptors (Lipinski definition) is 4. The van der Waals surface area contributed by atoms with E-state index >= 15 is 0 Å². The Morgan fingerprint density at radius 2 is 2.21 bits per heavy atom. The minimum atomic E-state index is -0.806. The van der Waals surface area contributed by atoms with Crippen LogP contribution in [-0.4, -0.2) is 22.6 Å². The summed E-state index contributed by atoms with van der Waals surface area (Å²) in [7, 11) is 0. The highest BCUT2D eigenvalue weighted by atomic mass is 16.4. The molecule has 2 N–H and O–H groups in total. The van der Waals surface area contributed by atoms with Crippen molar-refractivity contribution in [2.45, 2.75) is 12.8 Å². The first-order valence-corrected chi connectivity index (χ1v) is 5.96. The monoisotopic (exact) mass is 255 g/mol. The van der Waals surface area contributed by atoms with Gasteiger partial charge >= 0.3 is 5.97 Å². The molecule has 0 atom stereocenters. The fourth-order valence-electron chi connectivity index (χ4n) is 1.89. The molecule has 96 valence electrons. The highest BCUT2D eigenvalue weighted by Gasteiger charge is 2.05. The normalized spacial score (nSPS) is 10.1. The van der Waals surface area contributed by atoms with Crippen molar-refractivity contribution in [1.29, 1.82) is 5.26 Å². The van der Waals surface area contributed by atoms with Crippen molar-refractivity contribution in [3.63, 3.8) is 0 Å². The topological polar surface area (TPSA) is 86.0 Å². The highest BCUT2D eigenvalue weighted by molar-refractivity contribution is 5.95. The van der Waals surface area contributed by atoms with E-state index in [2.05, 4.69) is 16.4 Å². The molecule has 0 fully saturated rings. The lowest BCUT2D eigenvalue weighted by atomic mass is 10.1. The molecule has 0 saturated heterocycles.